The molecule has 1 atom stereocenters. The predicted octanol–water partition coefficient (Wildman–Crippen LogP) is 2.93. The second kappa shape index (κ2) is 5.53. The molecule has 0 bridgehead atoms. The normalized spacial score (nSPS) is 21.8. The number of rotatable bonds is 2. The van der Waals surface area contributed by atoms with Crippen molar-refractivity contribution in [1.82, 2.24) is 10.2 Å². The van der Waals surface area contributed by atoms with Gasteiger partial charge in [0.25, 0.3) is 0 Å². The highest BCUT2D eigenvalue weighted by Crippen LogP contribution is 2.29. The lowest BCUT2D eigenvalue weighted by Gasteiger charge is -2.32. The molecule has 1 heterocycles. The van der Waals surface area contributed by atoms with Crippen LogP contribution < -0.4 is 5.32 Å². The maximum absolute atomic E-state index is 13.2. The summed E-state index contributed by atoms with van der Waals surface area (Å²) in [5.74, 6) is -0.464. The van der Waals surface area contributed by atoms with Gasteiger partial charge in [-0.05, 0) is 18.6 Å². The fourth-order valence-electron chi connectivity index (χ4n) is 2.08. The summed E-state index contributed by atoms with van der Waals surface area (Å²) in [5.41, 5.74) is 0.882. The van der Waals surface area contributed by atoms with E-state index >= 15 is 0 Å². The fourth-order valence-corrected chi connectivity index (χ4v) is 2.48. The fraction of sp³-hybridized carbons (Fsp3) is 0.500. The van der Waals surface area contributed by atoms with E-state index in [2.05, 4.69) is 17.1 Å². The van der Waals surface area contributed by atoms with E-state index in [-0.39, 0.29) is 5.02 Å². The van der Waals surface area contributed by atoms with Gasteiger partial charge >= 0.3 is 0 Å². The van der Waals surface area contributed by atoms with Gasteiger partial charge < -0.3 is 5.32 Å². The van der Waals surface area contributed by atoms with Crippen molar-refractivity contribution in [3.05, 3.63) is 33.6 Å². The lowest BCUT2D eigenvalue weighted by molar-refractivity contribution is 0.199. The number of piperazine rings is 1. The zero-order valence-corrected chi connectivity index (χ0v) is 11.2. The van der Waals surface area contributed by atoms with Crippen molar-refractivity contribution in [2.45, 2.75) is 19.5 Å². The van der Waals surface area contributed by atoms with E-state index in [0.29, 0.717) is 17.6 Å². The molecule has 0 amide bonds. The van der Waals surface area contributed by atoms with Crippen LogP contribution in [0, 0.1) is 5.82 Å². The van der Waals surface area contributed by atoms with Crippen molar-refractivity contribution < 1.29 is 4.39 Å². The number of halogens is 3. The van der Waals surface area contributed by atoms with Crippen LogP contribution in [0.15, 0.2) is 12.1 Å². The van der Waals surface area contributed by atoms with Crippen molar-refractivity contribution in [3.8, 4) is 0 Å². The van der Waals surface area contributed by atoms with Crippen molar-refractivity contribution in [2.24, 2.45) is 0 Å². The SMILES string of the molecule is C[C@@H]1CN(Cc2ccc(F)c(Cl)c2Cl)CCN1. The number of hydrogen-bond acceptors (Lipinski definition) is 2. The quantitative estimate of drug-likeness (QED) is 0.836. The van der Waals surface area contributed by atoms with E-state index in [1.807, 2.05) is 0 Å². The van der Waals surface area contributed by atoms with Crippen LogP contribution in [0.4, 0.5) is 4.39 Å². The lowest BCUT2D eigenvalue weighted by Crippen LogP contribution is -2.48. The number of nitrogens with zero attached hydrogens (tertiary/aromatic N) is 1. The van der Waals surface area contributed by atoms with E-state index in [4.69, 9.17) is 23.2 Å². The smallest absolute Gasteiger partial charge is 0.143 e. The summed E-state index contributed by atoms with van der Waals surface area (Å²) in [6, 6.07) is 3.55. The third-order valence-electron chi connectivity index (χ3n) is 2.96. The molecular weight excluding hydrogens is 262 g/mol. The number of hydrogen-bond donors (Lipinski definition) is 1. The molecule has 94 valence electrons. The average molecular weight is 277 g/mol. The van der Waals surface area contributed by atoms with Crippen LogP contribution in [0.2, 0.25) is 10.0 Å². The van der Waals surface area contributed by atoms with Crippen LogP contribution in [0.25, 0.3) is 0 Å². The van der Waals surface area contributed by atoms with E-state index in [9.17, 15) is 4.39 Å². The first-order valence-electron chi connectivity index (χ1n) is 5.66. The molecule has 1 aromatic rings. The van der Waals surface area contributed by atoms with Gasteiger partial charge in [0.1, 0.15) is 5.82 Å². The van der Waals surface area contributed by atoms with Gasteiger partial charge in [-0.2, -0.15) is 0 Å². The van der Waals surface area contributed by atoms with Crippen LogP contribution in [-0.2, 0) is 6.54 Å². The molecule has 1 aliphatic heterocycles. The minimum absolute atomic E-state index is 0.0207. The highest BCUT2D eigenvalue weighted by atomic mass is 35.5. The second-order valence-corrected chi connectivity index (χ2v) is 5.18. The molecule has 0 radical (unpaired) electrons. The Morgan fingerprint density at radius 3 is 2.88 bits per heavy atom. The third-order valence-corrected chi connectivity index (χ3v) is 3.86. The molecule has 0 unspecified atom stereocenters. The van der Waals surface area contributed by atoms with Crippen molar-refractivity contribution >= 4 is 23.2 Å². The first kappa shape index (κ1) is 13.1. The molecule has 1 fully saturated rings. The zero-order valence-electron chi connectivity index (χ0n) is 9.64. The second-order valence-electron chi connectivity index (χ2n) is 4.42. The Kier molecular flexibility index (Phi) is 4.26. The molecule has 0 saturated carbocycles. The molecule has 5 heteroatoms. The van der Waals surface area contributed by atoms with Crippen LogP contribution in [-0.4, -0.2) is 30.6 Å². The van der Waals surface area contributed by atoms with Crippen LogP contribution in [0.1, 0.15) is 12.5 Å². The third kappa shape index (κ3) is 3.10. The number of benzene rings is 1. The summed E-state index contributed by atoms with van der Waals surface area (Å²) in [6.45, 7) is 5.75. The average Bonchev–Trinajstić information content (AvgIpc) is 2.30. The summed E-state index contributed by atoms with van der Waals surface area (Å²) in [5, 5.41) is 3.72. The molecule has 17 heavy (non-hydrogen) atoms. The maximum atomic E-state index is 13.2. The predicted molar refractivity (Wildman–Crippen MR) is 69.2 cm³/mol. The summed E-state index contributed by atoms with van der Waals surface area (Å²) in [7, 11) is 0. The molecule has 0 aliphatic carbocycles. The van der Waals surface area contributed by atoms with E-state index in [1.54, 1.807) is 6.07 Å². The Balaban J connectivity index is 2.10. The molecule has 0 spiro atoms. The first-order valence-corrected chi connectivity index (χ1v) is 6.41. The monoisotopic (exact) mass is 276 g/mol. The molecule has 2 nitrogen and oxygen atoms in total. The van der Waals surface area contributed by atoms with Gasteiger partial charge in [0.2, 0.25) is 0 Å². The number of nitrogens with one attached hydrogen (secondary N) is 1. The first-order chi connectivity index (χ1) is 8.08. The topological polar surface area (TPSA) is 15.3 Å². The van der Waals surface area contributed by atoms with Gasteiger partial charge in [-0.1, -0.05) is 29.3 Å². The van der Waals surface area contributed by atoms with Crippen LogP contribution >= 0.6 is 23.2 Å². The minimum atomic E-state index is -0.464. The Bertz CT molecular complexity index is 412. The van der Waals surface area contributed by atoms with Gasteiger partial charge in [0.05, 0.1) is 10.0 Å². The lowest BCUT2D eigenvalue weighted by atomic mass is 10.1. The molecule has 0 aromatic heterocycles. The van der Waals surface area contributed by atoms with Crippen LogP contribution in [0.5, 0.6) is 0 Å². The van der Waals surface area contributed by atoms with E-state index < -0.39 is 5.82 Å². The standard InChI is InChI=1S/C12H15Cl2FN2/c1-8-6-17(5-4-16-8)7-9-2-3-10(15)12(14)11(9)13/h2-3,8,16H,4-7H2,1H3/t8-/m1/s1. The molecule has 1 aromatic carbocycles. The molecular formula is C12H15Cl2FN2. The summed E-state index contributed by atoms with van der Waals surface area (Å²) in [4.78, 5) is 2.29. The molecule has 1 N–H and O–H groups in total. The van der Waals surface area contributed by atoms with Crippen LogP contribution in [0.3, 0.4) is 0 Å². The zero-order chi connectivity index (χ0) is 12.4. The molecule has 2 rings (SSSR count). The van der Waals surface area contributed by atoms with E-state index in [1.165, 1.54) is 6.07 Å². The summed E-state index contributed by atoms with van der Waals surface area (Å²) in [6.07, 6.45) is 0. The van der Waals surface area contributed by atoms with Gasteiger partial charge in [0.15, 0.2) is 0 Å². The maximum Gasteiger partial charge on any atom is 0.143 e. The largest absolute Gasteiger partial charge is 0.312 e. The Labute approximate surface area is 111 Å². The minimum Gasteiger partial charge on any atom is -0.312 e. The van der Waals surface area contributed by atoms with Crippen molar-refractivity contribution in [3.63, 3.8) is 0 Å². The van der Waals surface area contributed by atoms with Gasteiger partial charge in [0, 0.05) is 32.2 Å². The van der Waals surface area contributed by atoms with Gasteiger partial charge in [-0.3, -0.25) is 4.90 Å². The highest BCUT2D eigenvalue weighted by Gasteiger charge is 2.18. The van der Waals surface area contributed by atoms with Gasteiger partial charge in [-0.25, -0.2) is 4.39 Å². The summed E-state index contributed by atoms with van der Waals surface area (Å²) < 4.78 is 13.2. The Morgan fingerprint density at radius 2 is 2.18 bits per heavy atom. The summed E-state index contributed by atoms with van der Waals surface area (Å²) >= 11 is 11.8. The van der Waals surface area contributed by atoms with Crippen molar-refractivity contribution in [2.75, 3.05) is 19.6 Å². The van der Waals surface area contributed by atoms with Gasteiger partial charge in [-0.15, -0.1) is 0 Å². The van der Waals surface area contributed by atoms with Crippen molar-refractivity contribution in [1.29, 1.82) is 0 Å². The Morgan fingerprint density at radius 1 is 1.41 bits per heavy atom. The van der Waals surface area contributed by atoms with E-state index in [0.717, 1.165) is 25.2 Å². The molecule has 1 saturated heterocycles. The highest BCUT2D eigenvalue weighted by molar-refractivity contribution is 6.42. The molecule has 1 aliphatic rings. The Hall–Kier alpha value is -0.350.